The summed E-state index contributed by atoms with van der Waals surface area (Å²) in [4.78, 5) is 10.7. The van der Waals surface area contributed by atoms with Gasteiger partial charge in [0.25, 0.3) is 0 Å². The molecule has 1 aliphatic rings. The van der Waals surface area contributed by atoms with Crippen LogP contribution in [0.4, 0.5) is 0 Å². The van der Waals surface area contributed by atoms with Gasteiger partial charge >= 0.3 is 84.7 Å². The van der Waals surface area contributed by atoms with Crippen molar-refractivity contribution in [2.45, 2.75) is 25.9 Å². The monoisotopic (exact) mass is 211 g/mol. The molecule has 0 unspecified atom stereocenters. The van der Waals surface area contributed by atoms with Crippen LogP contribution in [-0.4, -0.2) is 16.4 Å². The molecule has 3 heteroatoms. The first-order chi connectivity index (χ1) is 6.45. The van der Waals surface area contributed by atoms with Crippen molar-refractivity contribution in [3.63, 3.8) is 0 Å². The molecule has 14 heavy (non-hydrogen) atoms. The Kier molecular flexibility index (Phi) is 2.09. The predicted octanol–water partition coefficient (Wildman–Crippen LogP) is 1.92. The summed E-state index contributed by atoms with van der Waals surface area (Å²) in [5, 5.41) is 0.823. The number of ether oxygens (including phenoxy) is 1. The van der Waals surface area contributed by atoms with Gasteiger partial charge < -0.3 is 0 Å². The topological polar surface area (TPSA) is 29.5 Å². The minimum atomic E-state index is -2.49. The van der Waals surface area contributed by atoms with E-state index in [1.165, 1.54) is 0 Å². The summed E-state index contributed by atoms with van der Waals surface area (Å²) in [6, 6.07) is 8.77. The normalized spacial score (nSPS) is 21.1. The SMILES string of the molecule is CC(C)(C)[PH]1(O)COc2ccc[c]c21. The van der Waals surface area contributed by atoms with Gasteiger partial charge in [-0.2, -0.15) is 0 Å². The third-order valence-electron chi connectivity index (χ3n) is 2.91. The van der Waals surface area contributed by atoms with E-state index < -0.39 is 7.49 Å². The fraction of sp³-hybridized carbons (Fsp3) is 0.455. The molecule has 0 fully saturated rings. The van der Waals surface area contributed by atoms with Crippen molar-refractivity contribution in [2.75, 3.05) is 6.35 Å². The molecule has 0 spiro atoms. The van der Waals surface area contributed by atoms with Crippen LogP contribution in [0.3, 0.4) is 0 Å². The Bertz CT molecular complexity index is 357. The van der Waals surface area contributed by atoms with Crippen LogP contribution in [-0.2, 0) is 0 Å². The van der Waals surface area contributed by atoms with E-state index in [4.69, 9.17) is 4.74 Å². The number of hydrogen-bond acceptors (Lipinski definition) is 2. The average molecular weight is 211 g/mol. The summed E-state index contributed by atoms with van der Waals surface area (Å²) in [6.07, 6.45) is 0.465. The number of fused-ring (bicyclic) bond motifs is 1. The maximum atomic E-state index is 10.7. The van der Waals surface area contributed by atoms with E-state index in [1.807, 2.05) is 18.2 Å². The van der Waals surface area contributed by atoms with Crippen LogP contribution < -0.4 is 10.0 Å². The van der Waals surface area contributed by atoms with E-state index in [1.54, 1.807) is 0 Å². The van der Waals surface area contributed by atoms with Crippen molar-refractivity contribution < 1.29 is 9.63 Å². The van der Waals surface area contributed by atoms with E-state index in [-0.39, 0.29) is 5.16 Å². The molecule has 1 radical (unpaired) electrons. The van der Waals surface area contributed by atoms with Gasteiger partial charge in [-0.25, -0.2) is 0 Å². The van der Waals surface area contributed by atoms with Crippen molar-refractivity contribution in [3.8, 4) is 5.75 Å². The Hall–Kier alpha value is -0.590. The van der Waals surface area contributed by atoms with E-state index in [0.29, 0.717) is 6.35 Å². The summed E-state index contributed by atoms with van der Waals surface area (Å²) in [5.41, 5.74) is 0. The molecule has 0 saturated carbocycles. The zero-order chi connectivity index (χ0) is 10.4. The van der Waals surface area contributed by atoms with Crippen molar-refractivity contribution in [3.05, 3.63) is 24.3 Å². The number of benzene rings is 1. The molecule has 1 heterocycles. The van der Waals surface area contributed by atoms with Gasteiger partial charge in [-0.15, -0.1) is 0 Å². The van der Waals surface area contributed by atoms with Crippen LogP contribution in [0.1, 0.15) is 20.8 Å². The molecule has 0 saturated heterocycles. The molecule has 0 amide bonds. The molecule has 2 nitrogen and oxygen atoms in total. The second kappa shape index (κ2) is 2.95. The fourth-order valence-corrected chi connectivity index (χ4v) is 4.29. The predicted molar refractivity (Wildman–Crippen MR) is 60.7 cm³/mol. The van der Waals surface area contributed by atoms with Gasteiger partial charge in [0.1, 0.15) is 0 Å². The molecule has 1 aliphatic heterocycles. The summed E-state index contributed by atoms with van der Waals surface area (Å²) < 4.78 is 5.52. The van der Waals surface area contributed by atoms with Gasteiger partial charge in [0.2, 0.25) is 0 Å². The summed E-state index contributed by atoms with van der Waals surface area (Å²) in [5.74, 6) is 0.816. The summed E-state index contributed by atoms with van der Waals surface area (Å²) in [6.45, 7) is 6.20. The molecular formula is C11H16O2P. The van der Waals surface area contributed by atoms with Crippen LogP contribution in [0.5, 0.6) is 5.75 Å². The zero-order valence-corrected chi connectivity index (χ0v) is 9.79. The Morgan fingerprint density at radius 2 is 2.21 bits per heavy atom. The number of rotatable bonds is 0. The van der Waals surface area contributed by atoms with Crippen LogP contribution >= 0.6 is 7.49 Å². The third kappa shape index (κ3) is 1.25. The van der Waals surface area contributed by atoms with Crippen LogP contribution in [0.15, 0.2) is 18.2 Å². The Morgan fingerprint density at radius 1 is 1.50 bits per heavy atom. The first kappa shape index (κ1) is 9.95. The molecular weight excluding hydrogens is 195 g/mol. The standard InChI is InChI=1S/C11H16O2P/c1-11(2,3)14(12)8-13-9-6-4-5-7-10(9)14/h4-6,12,14H,8H2,1-3H3. The van der Waals surface area contributed by atoms with Gasteiger partial charge in [0.05, 0.1) is 0 Å². The molecule has 0 aromatic heterocycles. The molecule has 2 rings (SSSR count). The van der Waals surface area contributed by atoms with Gasteiger partial charge in [0.15, 0.2) is 0 Å². The van der Waals surface area contributed by atoms with Gasteiger partial charge in [-0.05, 0) is 0 Å². The van der Waals surface area contributed by atoms with Crippen molar-refractivity contribution in [2.24, 2.45) is 0 Å². The van der Waals surface area contributed by atoms with Crippen molar-refractivity contribution in [1.82, 2.24) is 0 Å². The Balaban J connectivity index is 2.53. The van der Waals surface area contributed by atoms with E-state index in [0.717, 1.165) is 11.1 Å². The summed E-state index contributed by atoms with van der Waals surface area (Å²) >= 11 is 0. The summed E-state index contributed by atoms with van der Waals surface area (Å²) in [7, 11) is -2.49. The maximum absolute atomic E-state index is 10.7. The van der Waals surface area contributed by atoms with Crippen LogP contribution in [0.2, 0.25) is 0 Å². The third-order valence-corrected chi connectivity index (χ3v) is 7.17. The van der Waals surface area contributed by atoms with Gasteiger partial charge in [-0.3, -0.25) is 0 Å². The zero-order valence-electron chi connectivity index (χ0n) is 8.79. The second-order valence-corrected chi connectivity index (χ2v) is 8.82. The minimum absolute atomic E-state index is 0.101. The molecule has 0 atom stereocenters. The number of hydrogen-bond donors (Lipinski definition) is 1. The molecule has 77 valence electrons. The molecule has 1 aromatic carbocycles. The fourth-order valence-electron chi connectivity index (χ4n) is 1.71. The van der Waals surface area contributed by atoms with E-state index in [9.17, 15) is 4.89 Å². The molecule has 0 bridgehead atoms. The van der Waals surface area contributed by atoms with Crippen LogP contribution in [0, 0.1) is 6.07 Å². The average Bonchev–Trinajstić information content (AvgIpc) is 2.45. The second-order valence-electron chi connectivity index (χ2n) is 4.81. The Labute approximate surface area is 85.3 Å². The quantitative estimate of drug-likeness (QED) is 0.664. The molecule has 0 aliphatic carbocycles. The van der Waals surface area contributed by atoms with E-state index in [2.05, 4.69) is 26.8 Å². The van der Waals surface area contributed by atoms with Crippen molar-refractivity contribution >= 4 is 12.8 Å². The van der Waals surface area contributed by atoms with Crippen LogP contribution in [0.25, 0.3) is 0 Å². The van der Waals surface area contributed by atoms with E-state index >= 15 is 0 Å². The Morgan fingerprint density at radius 3 is 2.86 bits per heavy atom. The van der Waals surface area contributed by atoms with Gasteiger partial charge in [0, 0.05) is 0 Å². The first-order valence-electron chi connectivity index (χ1n) is 4.81. The van der Waals surface area contributed by atoms with Crippen molar-refractivity contribution in [1.29, 1.82) is 0 Å². The first-order valence-corrected chi connectivity index (χ1v) is 6.97. The molecule has 1 N–H and O–H groups in total. The molecule has 1 aromatic rings. The van der Waals surface area contributed by atoms with Gasteiger partial charge in [-0.1, -0.05) is 0 Å².